The Morgan fingerprint density at radius 2 is 1.95 bits per heavy atom. The summed E-state index contributed by atoms with van der Waals surface area (Å²) >= 11 is 6.56. The van der Waals surface area contributed by atoms with Crippen LogP contribution in [0, 0.1) is 12.3 Å². The zero-order chi connectivity index (χ0) is 29.1. The maximum absolute atomic E-state index is 13.2. The predicted molar refractivity (Wildman–Crippen MR) is 157 cm³/mol. The van der Waals surface area contributed by atoms with Crippen molar-refractivity contribution in [3.63, 3.8) is 0 Å². The van der Waals surface area contributed by atoms with E-state index in [1.165, 1.54) is 11.2 Å². The fourth-order valence-electron chi connectivity index (χ4n) is 5.07. The van der Waals surface area contributed by atoms with Crippen LogP contribution in [0.25, 0.3) is 17.1 Å². The predicted octanol–water partition coefficient (Wildman–Crippen LogP) is 2.96. The Hall–Kier alpha value is -3.90. The Morgan fingerprint density at radius 3 is 2.56 bits per heavy atom. The molecule has 2 aromatic carbocycles. The highest BCUT2D eigenvalue weighted by atomic mass is 35.5. The Morgan fingerprint density at radius 1 is 1.22 bits per heavy atom. The van der Waals surface area contributed by atoms with Crippen molar-refractivity contribution < 1.29 is 14.4 Å². The molecule has 1 saturated heterocycles. The Labute approximate surface area is 243 Å². The number of hydrogen-bond donors (Lipinski definition) is 4. The minimum atomic E-state index is -1.09. The van der Waals surface area contributed by atoms with E-state index in [1.54, 1.807) is 14.0 Å². The standard InChI is InChI=1S/C29H33ClN8O3/c1-18-35-27(36-41-18)21-7-8-22(23(30)13-21)15-37-11-9-29(40,10-12-37)16-38-17-34-26(24(32)28(38)39)25(33-2)20-5-3-19(14-31)4-6-20/h3-8,13,17,32-33,40H,9-12,14-16,31H2,1-2H3/b26-25+,32-24?. The van der Waals surface area contributed by atoms with E-state index in [9.17, 15) is 9.90 Å². The van der Waals surface area contributed by atoms with Crippen molar-refractivity contribution in [2.45, 2.75) is 38.5 Å². The molecule has 1 aromatic heterocycles. The second-order valence-electron chi connectivity index (χ2n) is 10.4. The molecule has 0 bridgehead atoms. The smallest absolute Gasteiger partial charge is 0.279 e. The van der Waals surface area contributed by atoms with Gasteiger partial charge in [-0.1, -0.05) is 53.2 Å². The van der Waals surface area contributed by atoms with Gasteiger partial charge in [-0.15, -0.1) is 0 Å². The third kappa shape index (κ3) is 6.23. The normalized spacial score (nSPS) is 18.6. The number of piperidine rings is 1. The van der Waals surface area contributed by atoms with Crippen LogP contribution in [-0.4, -0.2) is 75.3 Å². The minimum Gasteiger partial charge on any atom is -0.388 e. The molecular formula is C29H33ClN8O3. The number of hydrogen-bond acceptors (Lipinski definition) is 10. The van der Waals surface area contributed by atoms with E-state index in [-0.39, 0.29) is 18.0 Å². The first kappa shape index (κ1) is 28.6. The lowest BCUT2D eigenvalue weighted by Gasteiger charge is -2.40. The van der Waals surface area contributed by atoms with E-state index in [4.69, 9.17) is 27.3 Å². The molecule has 1 fully saturated rings. The molecule has 214 valence electrons. The molecule has 0 atom stereocenters. The Bertz CT molecular complexity index is 1510. The molecule has 3 aromatic rings. The number of aryl methyl sites for hydroxylation is 1. The number of rotatable bonds is 8. The number of benzene rings is 2. The van der Waals surface area contributed by atoms with Crippen molar-refractivity contribution in [1.82, 2.24) is 25.3 Å². The molecule has 12 heteroatoms. The molecule has 5 rings (SSSR count). The van der Waals surface area contributed by atoms with E-state index in [0.717, 1.165) is 22.3 Å². The van der Waals surface area contributed by atoms with Crippen molar-refractivity contribution in [2.75, 3.05) is 26.7 Å². The van der Waals surface area contributed by atoms with Gasteiger partial charge in [0.2, 0.25) is 11.7 Å². The summed E-state index contributed by atoms with van der Waals surface area (Å²) in [5, 5.41) is 27.5. The van der Waals surface area contributed by atoms with E-state index in [2.05, 4.69) is 25.3 Å². The lowest BCUT2D eigenvalue weighted by molar-refractivity contribution is -0.124. The molecule has 2 aliphatic heterocycles. The summed E-state index contributed by atoms with van der Waals surface area (Å²) in [6, 6.07) is 13.3. The molecule has 41 heavy (non-hydrogen) atoms. The lowest BCUT2D eigenvalue weighted by atomic mass is 9.90. The zero-order valence-electron chi connectivity index (χ0n) is 23.0. The number of β-amino-alcohol motifs (C(OH)–C–C–N with tert-alkyl or cyclic N) is 1. The van der Waals surface area contributed by atoms with Gasteiger partial charge >= 0.3 is 0 Å². The van der Waals surface area contributed by atoms with Crippen molar-refractivity contribution in [3.8, 4) is 11.4 Å². The van der Waals surface area contributed by atoms with Gasteiger partial charge in [0.25, 0.3) is 5.91 Å². The maximum Gasteiger partial charge on any atom is 0.279 e. The molecule has 0 radical (unpaired) electrons. The van der Waals surface area contributed by atoms with Crippen LogP contribution >= 0.6 is 11.6 Å². The topological polar surface area (TPSA) is 157 Å². The van der Waals surface area contributed by atoms with Crippen LogP contribution in [0.2, 0.25) is 5.02 Å². The van der Waals surface area contributed by atoms with E-state index in [1.807, 2.05) is 42.5 Å². The fourth-order valence-corrected chi connectivity index (χ4v) is 5.31. The van der Waals surface area contributed by atoms with Crippen LogP contribution in [0.4, 0.5) is 0 Å². The highest BCUT2D eigenvalue weighted by molar-refractivity contribution is 6.47. The summed E-state index contributed by atoms with van der Waals surface area (Å²) in [4.78, 5) is 25.4. The number of aromatic nitrogens is 2. The van der Waals surface area contributed by atoms with Crippen LogP contribution in [0.1, 0.15) is 35.4 Å². The summed E-state index contributed by atoms with van der Waals surface area (Å²) in [6.07, 6.45) is 2.35. The molecule has 0 aliphatic carbocycles. The van der Waals surface area contributed by atoms with E-state index in [0.29, 0.717) is 61.5 Å². The Balaban J connectivity index is 1.22. The number of carbonyl (C=O) groups excluding carboxylic acids is 1. The summed E-state index contributed by atoms with van der Waals surface area (Å²) in [7, 11) is 1.73. The average molecular weight is 577 g/mol. The quantitative estimate of drug-likeness (QED) is 0.319. The number of aliphatic hydroxyl groups is 1. The number of halogens is 1. The largest absolute Gasteiger partial charge is 0.388 e. The molecule has 3 heterocycles. The third-order valence-electron chi connectivity index (χ3n) is 7.49. The number of carbonyl (C=O) groups is 1. The van der Waals surface area contributed by atoms with Gasteiger partial charge in [0.05, 0.1) is 24.2 Å². The van der Waals surface area contributed by atoms with Gasteiger partial charge in [0.15, 0.2) is 0 Å². The van der Waals surface area contributed by atoms with Crippen LogP contribution in [0.5, 0.6) is 0 Å². The van der Waals surface area contributed by atoms with Gasteiger partial charge in [-0.05, 0) is 35.6 Å². The summed E-state index contributed by atoms with van der Waals surface area (Å²) in [5.74, 6) is 0.485. The number of likely N-dealkylation sites (tertiary alicyclic amines) is 1. The Kier molecular flexibility index (Phi) is 8.32. The molecular weight excluding hydrogens is 544 g/mol. The number of nitrogens with two attached hydrogens (primary N) is 1. The van der Waals surface area contributed by atoms with Crippen molar-refractivity contribution in [2.24, 2.45) is 10.7 Å². The third-order valence-corrected chi connectivity index (χ3v) is 7.84. The van der Waals surface area contributed by atoms with Crippen molar-refractivity contribution >= 4 is 35.3 Å². The fraction of sp³-hybridized carbons (Fsp3) is 0.345. The summed E-state index contributed by atoms with van der Waals surface area (Å²) in [5.41, 5.74) is 8.74. The van der Waals surface area contributed by atoms with Crippen LogP contribution in [0.15, 0.2) is 57.7 Å². The molecule has 0 saturated carbocycles. The summed E-state index contributed by atoms with van der Waals surface area (Å²) in [6.45, 7) is 4.12. The monoisotopic (exact) mass is 576 g/mol. The zero-order valence-corrected chi connectivity index (χ0v) is 23.8. The van der Waals surface area contributed by atoms with Crippen LogP contribution in [0.3, 0.4) is 0 Å². The second kappa shape index (κ2) is 11.9. The second-order valence-corrected chi connectivity index (χ2v) is 10.8. The van der Waals surface area contributed by atoms with E-state index >= 15 is 0 Å². The molecule has 11 nitrogen and oxygen atoms in total. The van der Waals surface area contributed by atoms with Crippen LogP contribution < -0.4 is 11.1 Å². The van der Waals surface area contributed by atoms with Gasteiger partial charge in [-0.2, -0.15) is 4.98 Å². The van der Waals surface area contributed by atoms with Gasteiger partial charge in [0.1, 0.15) is 11.4 Å². The highest BCUT2D eigenvalue weighted by Crippen LogP contribution is 2.29. The van der Waals surface area contributed by atoms with E-state index < -0.39 is 11.5 Å². The number of nitrogens with one attached hydrogen (secondary N) is 2. The molecule has 2 aliphatic rings. The van der Waals surface area contributed by atoms with Gasteiger partial charge < -0.3 is 20.7 Å². The van der Waals surface area contributed by atoms with Crippen molar-refractivity contribution in [1.29, 1.82) is 5.41 Å². The SMILES string of the molecule is CN/C(=C1/N=CN(CC2(O)CCN(Cc3ccc(-c4noc(C)n4)cc3Cl)CC2)C(=O)C1=N)c1ccc(CN)cc1. The van der Waals surface area contributed by atoms with Crippen molar-refractivity contribution in [3.05, 3.63) is 75.8 Å². The number of aliphatic imine (C=N–C) groups is 1. The summed E-state index contributed by atoms with van der Waals surface area (Å²) < 4.78 is 5.05. The first-order valence-corrected chi connectivity index (χ1v) is 13.8. The first-order valence-electron chi connectivity index (χ1n) is 13.4. The molecule has 1 amide bonds. The maximum atomic E-state index is 13.2. The van der Waals surface area contributed by atoms with Crippen LogP contribution in [-0.2, 0) is 17.9 Å². The molecule has 5 N–H and O–H groups in total. The molecule has 0 unspecified atom stereocenters. The first-order chi connectivity index (χ1) is 19.7. The van der Waals surface area contributed by atoms with Gasteiger partial charge in [-0.25, -0.2) is 4.99 Å². The lowest BCUT2D eigenvalue weighted by Crippen LogP contribution is -2.53. The molecule has 0 spiro atoms. The van der Waals surface area contributed by atoms with Gasteiger partial charge in [-0.3, -0.25) is 20.0 Å². The number of nitrogens with zero attached hydrogens (tertiary/aromatic N) is 5. The van der Waals surface area contributed by atoms with Gasteiger partial charge in [0, 0.05) is 50.7 Å². The average Bonchev–Trinajstić information content (AvgIpc) is 3.41. The number of amides is 1. The minimum absolute atomic E-state index is 0.0679. The highest BCUT2D eigenvalue weighted by Gasteiger charge is 2.38.